The van der Waals surface area contributed by atoms with Crippen LogP contribution >= 0.6 is 11.8 Å². The summed E-state index contributed by atoms with van der Waals surface area (Å²) in [6.45, 7) is 0. The third-order valence-corrected chi connectivity index (χ3v) is 6.34. The molecule has 0 spiro atoms. The Labute approximate surface area is 116 Å². The Morgan fingerprint density at radius 1 is 1.16 bits per heavy atom. The molecule has 0 radical (unpaired) electrons. The van der Waals surface area contributed by atoms with Crippen LogP contribution in [0.5, 0.6) is 0 Å². The van der Waals surface area contributed by atoms with E-state index in [0.29, 0.717) is 10.3 Å². The predicted octanol–water partition coefficient (Wildman–Crippen LogP) is 3.30. The molecule has 2 aromatic rings. The van der Waals surface area contributed by atoms with Gasteiger partial charge in [0.2, 0.25) is 0 Å². The highest BCUT2D eigenvalue weighted by Gasteiger charge is 2.22. The predicted molar refractivity (Wildman–Crippen MR) is 79.1 cm³/mol. The van der Waals surface area contributed by atoms with Gasteiger partial charge in [-0.2, -0.15) is 4.36 Å². The van der Waals surface area contributed by atoms with Crippen LogP contribution in [-0.2, 0) is 9.73 Å². The van der Waals surface area contributed by atoms with Crippen molar-refractivity contribution in [3.05, 3.63) is 54.9 Å². The van der Waals surface area contributed by atoms with Crippen LogP contribution in [0.25, 0.3) is 0 Å². The summed E-state index contributed by atoms with van der Waals surface area (Å²) >= 11 is 1.42. The minimum Gasteiger partial charge on any atom is -0.262 e. The molecule has 4 nitrogen and oxygen atoms in total. The van der Waals surface area contributed by atoms with E-state index in [1.165, 1.54) is 11.8 Å². The Bertz CT molecular complexity index is 720. The van der Waals surface area contributed by atoms with Crippen LogP contribution in [0.3, 0.4) is 0 Å². The number of pyridine rings is 1. The number of hydrogen-bond donors (Lipinski definition) is 0. The average Bonchev–Trinajstić information content (AvgIpc) is 2.84. The van der Waals surface area contributed by atoms with Crippen LogP contribution in [0.1, 0.15) is 0 Å². The maximum absolute atomic E-state index is 12.7. The van der Waals surface area contributed by atoms with E-state index in [9.17, 15) is 4.21 Å². The Kier molecular flexibility index (Phi) is 3.35. The fraction of sp³-hybridized carbons (Fsp3) is 0.0769. The summed E-state index contributed by atoms with van der Waals surface area (Å²) in [5.41, 5.74) is 0.727. The van der Waals surface area contributed by atoms with Gasteiger partial charge >= 0.3 is 0 Å². The van der Waals surface area contributed by atoms with Crippen molar-refractivity contribution in [2.75, 3.05) is 5.08 Å². The third-order valence-electron chi connectivity index (χ3n) is 2.56. The standard InChI is InChI=1S/C13H11N3OS2/c17-19(12-6-2-1-3-7-12)10-18-13(16-19)15-11-5-4-8-14-9-11/h1-9H,10H2. The van der Waals surface area contributed by atoms with Crippen molar-refractivity contribution in [1.29, 1.82) is 0 Å². The fourth-order valence-electron chi connectivity index (χ4n) is 1.65. The zero-order valence-corrected chi connectivity index (χ0v) is 11.6. The fourth-order valence-corrected chi connectivity index (χ4v) is 5.19. The van der Waals surface area contributed by atoms with Crippen molar-refractivity contribution >= 4 is 32.3 Å². The van der Waals surface area contributed by atoms with E-state index >= 15 is 0 Å². The van der Waals surface area contributed by atoms with Gasteiger partial charge in [0.1, 0.15) is 0 Å². The molecule has 0 saturated heterocycles. The first-order valence-electron chi connectivity index (χ1n) is 5.68. The first-order chi connectivity index (χ1) is 9.26. The van der Waals surface area contributed by atoms with Gasteiger partial charge in [0.15, 0.2) is 5.17 Å². The molecule has 1 aliphatic rings. The number of benzene rings is 1. The van der Waals surface area contributed by atoms with Gasteiger partial charge in [-0.3, -0.25) is 4.98 Å². The summed E-state index contributed by atoms with van der Waals surface area (Å²) in [5, 5.41) is 1.01. The first kappa shape index (κ1) is 12.4. The number of nitrogens with zero attached hydrogens (tertiary/aromatic N) is 3. The van der Waals surface area contributed by atoms with Crippen LogP contribution < -0.4 is 0 Å². The number of aliphatic imine (C=N–C) groups is 1. The minimum absolute atomic E-state index is 0.454. The van der Waals surface area contributed by atoms with E-state index in [2.05, 4.69) is 14.3 Å². The number of thioether (sulfide) groups is 1. The lowest BCUT2D eigenvalue weighted by molar-refractivity contribution is 0.681. The SMILES string of the molecule is O=S1(c2ccccc2)=NC(=Nc2cccnc2)SC1. The van der Waals surface area contributed by atoms with Crippen molar-refractivity contribution in [3.63, 3.8) is 0 Å². The molecule has 6 heteroatoms. The molecule has 0 N–H and O–H groups in total. The van der Waals surface area contributed by atoms with Gasteiger partial charge in [-0.25, -0.2) is 9.20 Å². The number of aromatic nitrogens is 1. The van der Waals surface area contributed by atoms with E-state index in [0.717, 1.165) is 10.6 Å². The maximum Gasteiger partial charge on any atom is 0.198 e. The Hall–Kier alpha value is -1.66. The highest BCUT2D eigenvalue weighted by atomic mass is 32.3. The quantitative estimate of drug-likeness (QED) is 0.852. The molecule has 0 saturated carbocycles. The molecule has 19 heavy (non-hydrogen) atoms. The monoisotopic (exact) mass is 289 g/mol. The lowest BCUT2D eigenvalue weighted by atomic mass is 10.4. The second kappa shape index (κ2) is 5.14. The molecule has 0 bridgehead atoms. The molecule has 1 atom stereocenters. The van der Waals surface area contributed by atoms with Crippen molar-refractivity contribution in [2.24, 2.45) is 9.36 Å². The van der Waals surface area contributed by atoms with Crippen LogP contribution in [0.2, 0.25) is 0 Å². The van der Waals surface area contributed by atoms with Crippen LogP contribution in [-0.4, -0.2) is 19.4 Å². The van der Waals surface area contributed by atoms with Gasteiger partial charge in [0, 0.05) is 11.1 Å². The molecule has 1 aromatic heterocycles. The number of amidine groups is 1. The number of rotatable bonds is 2. The molecule has 1 unspecified atom stereocenters. The summed E-state index contributed by atoms with van der Waals surface area (Å²) in [4.78, 5) is 9.11. The molecule has 1 aromatic carbocycles. The lowest BCUT2D eigenvalue weighted by Crippen LogP contribution is -1.98. The molecule has 1 aliphatic heterocycles. The molecular weight excluding hydrogens is 278 g/mol. The van der Waals surface area contributed by atoms with Crippen molar-refractivity contribution in [1.82, 2.24) is 4.98 Å². The van der Waals surface area contributed by atoms with Crippen LogP contribution in [0.15, 0.2) is 69.1 Å². The zero-order chi connectivity index (χ0) is 13.1. The van der Waals surface area contributed by atoms with Gasteiger partial charge in [-0.1, -0.05) is 30.0 Å². The van der Waals surface area contributed by atoms with Crippen molar-refractivity contribution in [2.45, 2.75) is 4.90 Å². The molecule has 0 aliphatic carbocycles. The first-order valence-corrected chi connectivity index (χ1v) is 8.35. The second-order valence-corrected chi connectivity index (χ2v) is 7.44. The summed E-state index contributed by atoms with van der Waals surface area (Å²) in [5.74, 6) is 0. The van der Waals surface area contributed by atoms with Crippen LogP contribution in [0, 0.1) is 0 Å². The lowest BCUT2D eigenvalue weighted by Gasteiger charge is -2.00. The average molecular weight is 289 g/mol. The normalized spacial score (nSPS) is 24.3. The van der Waals surface area contributed by atoms with E-state index in [4.69, 9.17) is 0 Å². The summed E-state index contributed by atoms with van der Waals surface area (Å²) < 4.78 is 17.0. The van der Waals surface area contributed by atoms with E-state index in [1.807, 2.05) is 42.5 Å². The second-order valence-electron chi connectivity index (χ2n) is 3.91. The molecule has 3 rings (SSSR count). The summed E-state index contributed by atoms with van der Waals surface area (Å²) in [6, 6.07) is 13.0. The molecular formula is C13H11N3OS2. The van der Waals surface area contributed by atoms with Gasteiger partial charge in [0.25, 0.3) is 0 Å². The Balaban J connectivity index is 1.98. The Morgan fingerprint density at radius 3 is 2.74 bits per heavy atom. The smallest absolute Gasteiger partial charge is 0.198 e. The molecule has 0 fully saturated rings. The van der Waals surface area contributed by atoms with Crippen LogP contribution in [0.4, 0.5) is 5.69 Å². The third kappa shape index (κ3) is 2.69. The van der Waals surface area contributed by atoms with E-state index in [-0.39, 0.29) is 0 Å². The molecule has 96 valence electrons. The molecule has 2 heterocycles. The Morgan fingerprint density at radius 2 is 2.00 bits per heavy atom. The topological polar surface area (TPSA) is 54.7 Å². The van der Waals surface area contributed by atoms with Gasteiger partial charge in [-0.15, -0.1) is 0 Å². The number of hydrogen-bond acceptors (Lipinski definition) is 4. The summed E-state index contributed by atoms with van der Waals surface area (Å²) in [7, 11) is -2.36. The van der Waals surface area contributed by atoms with Gasteiger partial charge in [-0.05, 0) is 24.3 Å². The maximum atomic E-state index is 12.7. The minimum atomic E-state index is -2.36. The van der Waals surface area contributed by atoms with Crippen molar-refractivity contribution < 1.29 is 4.21 Å². The van der Waals surface area contributed by atoms with Gasteiger partial charge < -0.3 is 0 Å². The molecule has 0 amide bonds. The highest BCUT2D eigenvalue weighted by Crippen LogP contribution is 2.29. The largest absolute Gasteiger partial charge is 0.262 e. The van der Waals surface area contributed by atoms with Crippen molar-refractivity contribution in [3.8, 4) is 0 Å². The van der Waals surface area contributed by atoms with E-state index < -0.39 is 9.73 Å². The highest BCUT2D eigenvalue weighted by molar-refractivity contribution is 8.25. The zero-order valence-electron chi connectivity index (χ0n) is 9.97. The van der Waals surface area contributed by atoms with E-state index in [1.54, 1.807) is 12.4 Å². The summed E-state index contributed by atoms with van der Waals surface area (Å²) in [6.07, 6.45) is 3.35. The van der Waals surface area contributed by atoms with Gasteiger partial charge in [0.05, 0.1) is 26.7 Å².